The second kappa shape index (κ2) is 13.3. The maximum atomic E-state index is 13.4. The summed E-state index contributed by atoms with van der Waals surface area (Å²) in [4.78, 5) is 13.4. The molecule has 1 atom stereocenters. The minimum absolute atomic E-state index is 0.0751. The third-order valence-corrected chi connectivity index (χ3v) is 7.23. The fourth-order valence-corrected chi connectivity index (χ4v) is 5.05. The van der Waals surface area contributed by atoms with Gasteiger partial charge in [-0.15, -0.1) is 0 Å². The number of Topliss-reactive ketones (excluding diaryl/α,β-unsaturated/α-hetero) is 1. The Balaban J connectivity index is 1.99. The number of ketones is 1. The predicted octanol–water partition coefficient (Wildman–Crippen LogP) is 7.06. The van der Waals surface area contributed by atoms with Crippen molar-refractivity contribution in [1.82, 2.24) is 0 Å². The standard InChI is InChI=1S/C33H44O7/c1-20(2)11-13-24-27(38-7)19-29-30(31(24)35)25(34)18-28(40-29)22-15-16-26(37-6)32(39-8)23(22)14-12-21(3)10-9-17-33(4,5)36/h11-12,15-16,19,28,35-36H,9-10,13-14,17-18H2,1-8H3/b21-12+/t28-/m0/s1. The van der Waals surface area contributed by atoms with Crippen LogP contribution in [0.25, 0.3) is 0 Å². The molecule has 7 heteroatoms. The summed E-state index contributed by atoms with van der Waals surface area (Å²) in [5.41, 5.74) is 4.07. The number of hydrogen-bond donors (Lipinski definition) is 2. The van der Waals surface area contributed by atoms with Gasteiger partial charge in [-0.05, 0) is 72.8 Å². The number of phenolic OH excluding ortho intramolecular Hbond substituents is 1. The SMILES string of the molecule is COc1cc2c(c(O)c1CC=C(C)C)C(=O)C[C@@H](c1ccc(OC)c(OC)c1C/C=C(\C)CCCC(C)(C)O)O2. The molecule has 2 aromatic carbocycles. The van der Waals surface area contributed by atoms with Crippen molar-refractivity contribution in [3.63, 3.8) is 0 Å². The van der Waals surface area contributed by atoms with Crippen molar-refractivity contribution in [3.8, 4) is 28.7 Å². The van der Waals surface area contributed by atoms with E-state index in [0.29, 0.717) is 41.4 Å². The second-order valence-corrected chi connectivity index (χ2v) is 11.3. The average Bonchev–Trinajstić information content (AvgIpc) is 2.89. The van der Waals surface area contributed by atoms with E-state index in [1.807, 2.05) is 45.9 Å². The molecule has 0 spiro atoms. The molecule has 2 N–H and O–H groups in total. The minimum atomic E-state index is -0.686. The Morgan fingerprint density at radius 2 is 1.70 bits per heavy atom. The molecular weight excluding hydrogens is 508 g/mol. The van der Waals surface area contributed by atoms with E-state index in [-0.39, 0.29) is 23.5 Å². The van der Waals surface area contributed by atoms with Gasteiger partial charge in [0, 0.05) is 22.8 Å². The molecule has 2 aromatic rings. The van der Waals surface area contributed by atoms with E-state index >= 15 is 0 Å². The first-order chi connectivity index (χ1) is 18.9. The molecule has 1 aliphatic heterocycles. The van der Waals surface area contributed by atoms with Crippen LogP contribution < -0.4 is 18.9 Å². The summed E-state index contributed by atoms with van der Waals surface area (Å²) in [5.74, 6) is 1.69. The number of aromatic hydroxyl groups is 1. The highest BCUT2D eigenvalue weighted by molar-refractivity contribution is 6.03. The molecule has 0 saturated heterocycles. The normalized spacial score (nSPS) is 15.3. The van der Waals surface area contributed by atoms with Gasteiger partial charge in [0.2, 0.25) is 0 Å². The molecule has 0 unspecified atom stereocenters. The van der Waals surface area contributed by atoms with Crippen LogP contribution in [-0.2, 0) is 12.8 Å². The Morgan fingerprint density at radius 1 is 1.02 bits per heavy atom. The topological polar surface area (TPSA) is 94.5 Å². The first-order valence-electron chi connectivity index (χ1n) is 13.8. The fraction of sp³-hybridized carbons (Fsp3) is 0.485. The number of carbonyl (C=O) groups excluding carboxylic acids is 1. The van der Waals surface area contributed by atoms with Crippen LogP contribution in [0.3, 0.4) is 0 Å². The lowest BCUT2D eigenvalue weighted by atomic mass is 9.89. The van der Waals surface area contributed by atoms with E-state index in [1.54, 1.807) is 20.3 Å². The number of hydrogen-bond acceptors (Lipinski definition) is 7. The van der Waals surface area contributed by atoms with Crippen LogP contribution >= 0.6 is 0 Å². The van der Waals surface area contributed by atoms with Crippen molar-refractivity contribution in [2.24, 2.45) is 0 Å². The van der Waals surface area contributed by atoms with Gasteiger partial charge in [-0.2, -0.15) is 0 Å². The Bertz CT molecular complexity index is 1280. The third-order valence-electron chi connectivity index (χ3n) is 7.23. The van der Waals surface area contributed by atoms with E-state index in [9.17, 15) is 15.0 Å². The number of fused-ring (bicyclic) bond motifs is 1. The number of methoxy groups -OCH3 is 3. The first kappa shape index (κ1) is 31.1. The van der Waals surface area contributed by atoms with Gasteiger partial charge in [-0.3, -0.25) is 4.79 Å². The summed E-state index contributed by atoms with van der Waals surface area (Å²) in [6, 6.07) is 5.43. The van der Waals surface area contributed by atoms with Crippen LogP contribution in [0, 0.1) is 0 Å². The summed E-state index contributed by atoms with van der Waals surface area (Å²) in [6.07, 6.45) is 7.10. The molecule has 0 saturated carbocycles. The number of allylic oxidation sites excluding steroid dienone is 4. The fourth-order valence-electron chi connectivity index (χ4n) is 5.05. The summed E-state index contributed by atoms with van der Waals surface area (Å²) in [5, 5.41) is 21.1. The zero-order valence-electron chi connectivity index (χ0n) is 25.1. The molecule has 0 radical (unpaired) electrons. The van der Waals surface area contributed by atoms with Gasteiger partial charge in [0.25, 0.3) is 0 Å². The molecule has 0 aromatic heterocycles. The molecule has 0 fully saturated rings. The largest absolute Gasteiger partial charge is 0.507 e. The van der Waals surface area contributed by atoms with E-state index in [4.69, 9.17) is 18.9 Å². The van der Waals surface area contributed by atoms with Gasteiger partial charge in [0.15, 0.2) is 17.3 Å². The molecule has 0 bridgehead atoms. The number of carbonyl (C=O) groups is 1. The number of ether oxygens (including phenoxy) is 4. The van der Waals surface area contributed by atoms with E-state index in [0.717, 1.165) is 36.0 Å². The van der Waals surface area contributed by atoms with Crippen LogP contribution in [0.2, 0.25) is 0 Å². The highest BCUT2D eigenvalue weighted by atomic mass is 16.5. The zero-order valence-corrected chi connectivity index (χ0v) is 25.1. The van der Waals surface area contributed by atoms with Crippen molar-refractivity contribution in [3.05, 3.63) is 63.8 Å². The van der Waals surface area contributed by atoms with Crippen molar-refractivity contribution in [2.45, 2.75) is 84.8 Å². The van der Waals surface area contributed by atoms with Crippen molar-refractivity contribution < 1.29 is 34.0 Å². The molecule has 40 heavy (non-hydrogen) atoms. The van der Waals surface area contributed by atoms with Crippen LogP contribution in [0.1, 0.15) is 93.5 Å². The summed E-state index contributed by atoms with van der Waals surface area (Å²) >= 11 is 0. The van der Waals surface area contributed by atoms with E-state index < -0.39 is 11.7 Å². The molecule has 3 rings (SSSR count). The van der Waals surface area contributed by atoms with Crippen LogP contribution in [0.4, 0.5) is 0 Å². The highest BCUT2D eigenvalue weighted by Gasteiger charge is 2.34. The maximum absolute atomic E-state index is 13.4. The number of rotatable bonds is 12. The zero-order chi connectivity index (χ0) is 29.6. The highest BCUT2D eigenvalue weighted by Crippen LogP contribution is 2.47. The lowest BCUT2D eigenvalue weighted by molar-refractivity contribution is 0.0689. The Hall–Kier alpha value is -3.45. The van der Waals surface area contributed by atoms with Crippen molar-refractivity contribution in [2.75, 3.05) is 21.3 Å². The number of aliphatic hydroxyl groups is 1. The van der Waals surface area contributed by atoms with Crippen molar-refractivity contribution >= 4 is 5.78 Å². The number of benzene rings is 2. The van der Waals surface area contributed by atoms with Gasteiger partial charge in [-0.1, -0.05) is 29.4 Å². The molecule has 1 aliphatic rings. The monoisotopic (exact) mass is 552 g/mol. The Morgan fingerprint density at radius 3 is 2.30 bits per heavy atom. The third kappa shape index (κ3) is 7.39. The van der Waals surface area contributed by atoms with Gasteiger partial charge < -0.3 is 29.2 Å². The molecule has 0 amide bonds. The minimum Gasteiger partial charge on any atom is -0.507 e. The molecule has 1 heterocycles. The Labute approximate surface area is 238 Å². The van der Waals surface area contributed by atoms with Crippen LogP contribution in [-0.4, -0.2) is 42.9 Å². The lowest BCUT2D eigenvalue weighted by Gasteiger charge is -2.29. The van der Waals surface area contributed by atoms with Gasteiger partial charge in [0.05, 0.1) is 33.4 Å². The summed E-state index contributed by atoms with van der Waals surface area (Å²) < 4.78 is 23.3. The smallest absolute Gasteiger partial charge is 0.174 e. The van der Waals surface area contributed by atoms with Gasteiger partial charge in [-0.25, -0.2) is 0 Å². The second-order valence-electron chi connectivity index (χ2n) is 11.3. The van der Waals surface area contributed by atoms with Gasteiger partial charge in [0.1, 0.15) is 28.9 Å². The average molecular weight is 553 g/mol. The predicted molar refractivity (Wildman–Crippen MR) is 157 cm³/mol. The van der Waals surface area contributed by atoms with E-state index in [2.05, 4.69) is 13.0 Å². The number of phenols is 1. The van der Waals surface area contributed by atoms with E-state index in [1.165, 1.54) is 12.7 Å². The molecule has 0 aliphatic carbocycles. The van der Waals surface area contributed by atoms with Crippen LogP contribution in [0.15, 0.2) is 41.5 Å². The molecular formula is C33H44O7. The summed E-state index contributed by atoms with van der Waals surface area (Å²) in [7, 11) is 4.74. The Kier molecular flexibility index (Phi) is 10.3. The molecule has 7 nitrogen and oxygen atoms in total. The quantitative estimate of drug-likeness (QED) is 0.272. The molecule has 218 valence electrons. The lowest BCUT2D eigenvalue weighted by Crippen LogP contribution is -2.22. The summed E-state index contributed by atoms with van der Waals surface area (Å²) in [6.45, 7) is 9.68. The van der Waals surface area contributed by atoms with Crippen LogP contribution in [0.5, 0.6) is 28.7 Å². The maximum Gasteiger partial charge on any atom is 0.174 e. The first-order valence-corrected chi connectivity index (χ1v) is 13.8. The van der Waals surface area contributed by atoms with Crippen molar-refractivity contribution in [1.29, 1.82) is 0 Å². The van der Waals surface area contributed by atoms with Gasteiger partial charge >= 0.3 is 0 Å².